The molecule has 0 saturated heterocycles. The van der Waals surface area contributed by atoms with E-state index in [0.717, 1.165) is 25.8 Å². The molecule has 0 aromatic heterocycles. The largest absolute Gasteiger partial charge is 0.508 e. The van der Waals surface area contributed by atoms with Crippen molar-refractivity contribution in [1.29, 1.82) is 0 Å². The van der Waals surface area contributed by atoms with E-state index in [1.54, 1.807) is 6.07 Å². The van der Waals surface area contributed by atoms with E-state index in [0.29, 0.717) is 11.6 Å². The number of nitro groups is 1. The summed E-state index contributed by atoms with van der Waals surface area (Å²) in [5.41, 5.74) is 0.383. The lowest BCUT2D eigenvalue weighted by atomic mass is 9.94. The second-order valence-electron chi connectivity index (χ2n) is 4.49. The van der Waals surface area contributed by atoms with Crippen LogP contribution in [-0.2, 0) is 0 Å². The maximum absolute atomic E-state index is 10.9. The van der Waals surface area contributed by atoms with E-state index in [9.17, 15) is 15.2 Å². The van der Waals surface area contributed by atoms with Crippen LogP contribution < -0.4 is 5.32 Å². The van der Waals surface area contributed by atoms with Crippen molar-refractivity contribution in [2.45, 2.75) is 19.3 Å². The molecule has 0 spiro atoms. The van der Waals surface area contributed by atoms with Crippen LogP contribution >= 0.6 is 0 Å². The first-order valence-electron chi connectivity index (χ1n) is 6.03. The average Bonchev–Trinajstić information content (AvgIpc) is 2.38. The summed E-state index contributed by atoms with van der Waals surface area (Å²) in [7, 11) is 0. The molecule has 18 heavy (non-hydrogen) atoms. The summed E-state index contributed by atoms with van der Waals surface area (Å²) in [4.78, 5) is 10.4. The second kappa shape index (κ2) is 5.53. The maximum atomic E-state index is 10.9. The van der Waals surface area contributed by atoms with Gasteiger partial charge in [-0.05, 0) is 37.3 Å². The van der Waals surface area contributed by atoms with Gasteiger partial charge in [-0.25, -0.2) is 0 Å². The molecule has 0 radical (unpaired) electrons. The van der Waals surface area contributed by atoms with Gasteiger partial charge in [-0.2, -0.15) is 0 Å². The Labute approximate surface area is 105 Å². The quantitative estimate of drug-likeness (QED) is 0.371. The van der Waals surface area contributed by atoms with Crippen LogP contribution in [0.3, 0.4) is 0 Å². The Morgan fingerprint density at radius 2 is 2.28 bits per heavy atom. The molecule has 2 rings (SSSR count). The Bertz CT molecular complexity index is 471. The van der Waals surface area contributed by atoms with Gasteiger partial charge in [-0.1, -0.05) is 12.2 Å². The summed E-state index contributed by atoms with van der Waals surface area (Å²) >= 11 is 0. The molecule has 2 N–H and O–H groups in total. The lowest BCUT2D eigenvalue weighted by Gasteiger charge is -2.18. The van der Waals surface area contributed by atoms with Crippen LogP contribution in [0.2, 0.25) is 0 Å². The number of rotatable bonds is 4. The number of benzene rings is 1. The summed E-state index contributed by atoms with van der Waals surface area (Å²) in [6.45, 7) is 0.718. The van der Waals surface area contributed by atoms with Gasteiger partial charge in [0, 0.05) is 6.54 Å². The lowest BCUT2D eigenvalue weighted by molar-refractivity contribution is -0.384. The zero-order valence-corrected chi connectivity index (χ0v) is 10.0. The highest BCUT2D eigenvalue weighted by atomic mass is 16.6. The number of hydrogen-bond acceptors (Lipinski definition) is 4. The molecule has 0 aliphatic heterocycles. The summed E-state index contributed by atoms with van der Waals surface area (Å²) in [6.07, 6.45) is 7.51. The normalized spacial score (nSPS) is 18.6. The number of anilines is 1. The minimum Gasteiger partial charge on any atom is -0.508 e. The van der Waals surface area contributed by atoms with Gasteiger partial charge < -0.3 is 10.4 Å². The van der Waals surface area contributed by atoms with Crippen LogP contribution in [0.5, 0.6) is 5.75 Å². The molecule has 0 amide bonds. The minimum atomic E-state index is -0.483. The zero-order valence-electron chi connectivity index (χ0n) is 10.0. The SMILES string of the molecule is O=[N+]([O-])c1cc(O)ccc1NCC1CC=CCC1. The van der Waals surface area contributed by atoms with Crippen molar-refractivity contribution >= 4 is 11.4 Å². The Kier molecular flexibility index (Phi) is 3.82. The molecular weight excluding hydrogens is 232 g/mol. The van der Waals surface area contributed by atoms with Crippen LogP contribution in [0.15, 0.2) is 30.4 Å². The van der Waals surface area contributed by atoms with Gasteiger partial charge in [0.1, 0.15) is 11.4 Å². The van der Waals surface area contributed by atoms with E-state index in [2.05, 4.69) is 17.5 Å². The fraction of sp³-hybridized carbons (Fsp3) is 0.385. The monoisotopic (exact) mass is 248 g/mol. The smallest absolute Gasteiger partial charge is 0.296 e. The van der Waals surface area contributed by atoms with E-state index in [4.69, 9.17) is 0 Å². The molecule has 1 aliphatic rings. The van der Waals surface area contributed by atoms with Crippen LogP contribution in [0.4, 0.5) is 11.4 Å². The van der Waals surface area contributed by atoms with Crippen LogP contribution in [0, 0.1) is 16.0 Å². The number of aromatic hydroxyl groups is 1. The van der Waals surface area contributed by atoms with Gasteiger partial charge in [0.15, 0.2) is 0 Å². The standard InChI is InChI=1S/C13H16N2O3/c16-11-6-7-12(13(8-11)15(17)18)14-9-10-4-2-1-3-5-10/h1-2,6-8,10,14,16H,3-5,9H2. The number of nitrogens with one attached hydrogen (secondary N) is 1. The van der Waals surface area contributed by atoms with Crippen LogP contribution in [0.25, 0.3) is 0 Å². The van der Waals surface area contributed by atoms with Crippen molar-refractivity contribution < 1.29 is 10.0 Å². The molecule has 0 fully saturated rings. The van der Waals surface area contributed by atoms with E-state index in [-0.39, 0.29) is 11.4 Å². The third-order valence-corrected chi connectivity index (χ3v) is 3.14. The molecule has 0 heterocycles. The molecule has 1 aliphatic carbocycles. The van der Waals surface area contributed by atoms with Gasteiger partial charge in [0.05, 0.1) is 11.0 Å². The molecule has 5 heteroatoms. The van der Waals surface area contributed by atoms with Crippen molar-refractivity contribution in [2.75, 3.05) is 11.9 Å². The van der Waals surface area contributed by atoms with Gasteiger partial charge in [-0.15, -0.1) is 0 Å². The third-order valence-electron chi connectivity index (χ3n) is 3.14. The van der Waals surface area contributed by atoms with Gasteiger partial charge in [0.2, 0.25) is 0 Å². The zero-order chi connectivity index (χ0) is 13.0. The number of nitrogens with zero attached hydrogens (tertiary/aromatic N) is 1. The van der Waals surface area contributed by atoms with E-state index >= 15 is 0 Å². The molecule has 1 aromatic rings. The van der Waals surface area contributed by atoms with Gasteiger partial charge in [0.25, 0.3) is 5.69 Å². The Morgan fingerprint density at radius 1 is 1.44 bits per heavy atom. The third kappa shape index (κ3) is 3.00. The molecule has 0 saturated carbocycles. The number of nitro benzene ring substituents is 1. The summed E-state index contributed by atoms with van der Waals surface area (Å²) in [5, 5.41) is 23.2. The van der Waals surface area contributed by atoms with Gasteiger partial charge in [-0.3, -0.25) is 10.1 Å². The van der Waals surface area contributed by atoms with E-state index in [1.807, 2.05) is 0 Å². The summed E-state index contributed by atoms with van der Waals surface area (Å²) in [5.74, 6) is 0.427. The Hall–Kier alpha value is -2.04. The van der Waals surface area contributed by atoms with Crippen molar-refractivity contribution in [3.63, 3.8) is 0 Å². The minimum absolute atomic E-state index is 0.0821. The molecule has 1 aromatic carbocycles. The molecule has 96 valence electrons. The highest BCUT2D eigenvalue weighted by molar-refractivity contribution is 5.63. The fourth-order valence-corrected chi connectivity index (χ4v) is 2.12. The average molecular weight is 248 g/mol. The topological polar surface area (TPSA) is 75.4 Å². The highest BCUT2D eigenvalue weighted by Gasteiger charge is 2.16. The summed E-state index contributed by atoms with van der Waals surface area (Å²) < 4.78 is 0. The maximum Gasteiger partial charge on any atom is 0.296 e. The lowest BCUT2D eigenvalue weighted by Crippen LogP contribution is -2.15. The van der Waals surface area contributed by atoms with Crippen LogP contribution in [0.1, 0.15) is 19.3 Å². The van der Waals surface area contributed by atoms with Crippen molar-refractivity contribution in [2.24, 2.45) is 5.92 Å². The van der Waals surface area contributed by atoms with Crippen molar-refractivity contribution in [3.05, 3.63) is 40.5 Å². The number of phenols is 1. The molecular formula is C13H16N2O3. The molecule has 0 bridgehead atoms. The predicted octanol–water partition coefficient (Wildman–Crippen LogP) is 3.07. The first kappa shape index (κ1) is 12.4. The molecule has 1 unspecified atom stereocenters. The second-order valence-corrected chi connectivity index (χ2v) is 4.49. The van der Waals surface area contributed by atoms with Crippen molar-refractivity contribution in [1.82, 2.24) is 0 Å². The Balaban J connectivity index is 2.04. The first-order chi connectivity index (χ1) is 8.66. The van der Waals surface area contributed by atoms with E-state index in [1.165, 1.54) is 12.1 Å². The van der Waals surface area contributed by atoms with Crippen LogP contribution in [-0.4, -0.2) is 16.6 Å². The Morgan fingerprint density at radius 3 is 2.94 bits per heavy atom. The first-order valence-corrected chi connectivity index (χ1v) is 6.03. The molecule has 1 atom stereocenters. The predicted molar refractivity (Wildman–Crippen MR) is 69.7 cm³/mol. The highest BCUT2D eigenvalue weighted by Crippen LogP contribution is 2.29. The van der Waals surface area contributed by atoms with E-state index < -0.39 is 4.92 Å². The number of phenolic OH excluding ortho intramolecular Hbond substituents is 1. The molecule has 5 nitrogen and oxygen atoms in total. The summed E-state index contributed by atoms with van der Waals surface area (Å²) in [6, 6.07) is 4.17. The fourth-order valence-electron chi connectivity index (χ4n) is 2.12. The number of hydrogen-bond donors (Lipinski definition) is 2. The van der Waals surface area contributed by atoms with Gasteiger partial charge >= 0.3 is 0 Å². The number of allylic oxidation sites excluding steroid dienone is 2. The van der Waals surface area contributed by atoms with Crippen molar-refractivity contribution in [3.8, 4) is 5.75 Å².